The van der Waals surface area contributed by atoms with E-state index >= 15 is 0 Å². The zero-order valence-electron chi connectivity index (χ0n) is 18.4. The number of hydrogen-bond acceptors (Lipinski definition) is 3. The summed E-state index contributed by atoms with van der Waals surface area (Å²) in [6.07, 6.45) is 1.61. The van der Waals surface area contributed by atoms with Crippen molar-refractivity contribution >= 4 is 5.91 Å². The molecule has 0 atom stereocenters. The summed E-state index contributed by atoms with van der Waals surface area (Å²) in [4.78, 5) is 12.4. The number of primary amides is 1. The van der Waals surface area contributed by atoms with E-state index < -0.39 is 0 Å². The third kappa shape index (κ3) is 4.06. The monoisotopic (exact) mass is 406 g/mol. The van der Waals surface area contributed by atoms with Gasteiger partial charge < -0.3 is 19.8 Å². The van der Waals surface area contributed by atoms with Crippen LogP contribution in [0.25, 0.3) is 11.1 Å². The molecule has 1 heterocycles. The Labute approximate surface area is 178 Å². The molecule has 0 unspecified atom stereocenters. The number of methoxy groups -OCH3 is 2. The van der Waals surface area contributed by atoms with Crippen molar-refractivity contribution < 1.29 is 14.3 Å². The van der Waals surface area contributed by atoms with Crippen LogP contribution in [0.1, 0.15) is 39.8 Å². The number of benzene rings is 2. The van der Waals surface area contributed by atoms with Gasteiger partial charge >= 0.3 is 0 Å². The fraction of sp³-hybridized carbons (Fsp3) is 0.320. The highest BCUT2D eigenvalue weighted by Crippen LogP contribution is 2.34. The molecule has 3 rings (SSSR count). The van der Waals surface area contributed by atoms with Crippen LogP contribution in [0, 0.1) is 13.8 Å². The van der Waals surface area contributed by atoms with E-state index in [-0.39, 0.29) is 5.91 Å². The van der Waals surface area contributed by atoms with Crippen LogP contribution in [-0.4, -0.2) is 24.7 Å². The van der Waals surface area contributed by atoms with Crippen LogP contribution in [-0.2, 0) is 19.4 Å². The van der Waals surface area contributed by atoms with E-state index in [1.165, 1.54) is 5.56 Å². The third-order valence-corrected chi connectivity index (χ3v) is 5.62. The molecule has 3 aromatic rings. The van der Waals surface area contributed by atoms with Gasteiger partial charge in [-0.25, -0.2) is 0 Å². The zero-order chi connectivity index (χ0) is 21.8. The Kier molecular flexibility index (Phi) is 6.50. The largest absolute Gasteiger partial charge is 0.493 e. The molecule has 0 radical (unpaired) electrons. The summed E-state index contributed by atoms with van der Waals surface area (Å²) in [6, 6.07) is 14.2. The van der Waals surface area contributed by atoms with Crippen LogP contribution >= 0.6 is 0 Å². The SMILES string of the molecule is CCc1c(-c2ccc(C)cc2)c(C(N)=O)c(C)n1CCc1ccc(OC)c(OC)c1. The minimum Gasteiger partial charge on any atom is -0.493 e. The number of carbonyl (C=O) groups excluding carboxylic acids is 1. The highest BCUT2D eigenvalue weighted by atomic mass is 16.5. The van der Waals surface area contributed by atoms with E-state index in [0.29, 0.717) is 17.1 Å². The Morgan fingerprint density at radius 1 is 1.00 bits per heavy atom. The Hall–Kier alpha value is -3.21. The van der Waals surface area contributed by atoms with Gasteiger partial charge in [-0.15, -0.1) is 0 Å². The standard InChI is InChI=1S/C25H30N2O3/c1-6-20-24(19-10-7-16(2)8-11-19)23(25(26)28)17(3)27(20)14-13-18-9-12-21(29-4)22(15-18)30-5/h7-12,15H,6,13-14H2,1-5H3,(H2,26,28). The number of rotatable bonds is 8. The maximum Gasteiger partial charge on any atom is 0.251 e. The molecule has 5 heteroatoms. The van der Waals surface area contributed by atoms with E-state index in [1.54, 1.807) is 14.2 Å². The van der Waals surface area contributed by atoms with Crippen molar-refractivity contribution in [3.05, 3.63) is 70.5 Å². The first-order valence-electron chi connectivity index (χ1n) is 10.2. The molecule has 0 aliphatic heterocycles. The minimum atomic E-state index is -0.386. The second-order valence-corrected chi connectivity index (χ2v) is 7.46. The fourth-order valence-electron chi connectivity index (χ4n) is 4.08. The first-order valence-corrected chi connectivity index (χ1v) is 10.2. The van der Waals surface area contributed by atoms with Crippen molar-refractivity contribution in [2.45, 2.75) is 40.2 Å². The molecule has 158 valence electrons. The van der Waals surface area contributed by atoms with Gasteiger partial charge in [0.1, 0.15) is 0 Å². The Balaban J connectivity index is 2.02. The van der Waals surface area contributed by atoms with Gasteiger partial charge in [-0.2, -0.15) is 0 Å². The maximum atomic E-state index is 12.4. The summed E-state index contributed by atoms with van der Waals surface area (Å²) in [5, 5.41) is 0. The quantitative estimate of drug-likeness (QED) is 0.590. The lowest BCUT2D eigenvalue weighted by atomic mass is 9.98. The number of amides is 1. The topological polar surface area (TPSA) is 66.5 Å². The Bertz CT molecular complexity index is 1050. The molecule has 0 bridgehead atoms. The zero-order valence-corrected chi connectivity index (χ0v) is 18.4. The molecular weight excluding hydrogens is 376 g/mol. The molecule has 0 aliphatic rings. The molecule has 1 aromatic heterocycles. The highest BCUT2D eigenvalue weighted by Gasteiger charge is 2.23. The minimum absolute atomic E-state index is 0.386. The first kappa shape index (κ1) is 21.5. The second-order valence-electron chi connectivity index (χ2n) is 7.46. The van der Waals surface area contributed by atoms with Gasteiger partial charge in [-0.1, -0.05) is 42.8 Å². The lowest BCUT2D eigenvalue weighted by Gasteiger charge is -2.13. The van der Waals surface area contributed by atoms with Crippen LogP contribution < -0.4 is 15.2 Å². The molecule has 30 heavy (non-hydrogen) atoms. The van der Waals surface area contributed by atoms with Crippen molar-refractivity contribution in [3.8, 4) is 22.6 Å². The predicted octanol–water partition coefficient (Wildman–Crippen LogP) is 4.69. The number of hydrogen-bond donors (Lipinski definition) is 1. The van der Waals surface area contributed by atoms with Crippen molar-refractivity contribution in [3.63, 3.8) is 0 Å². The van der Waals surface area contributed by atoms with Crippen molar-refractivity contribution in [1.82, 2.24) is 4.57 Å². The predicted molar refractivity (Wildman–Crippen MR) is 120 cm³/mol. The van der Waals surface area contributed by atoms with E-state index in [0.717, 1.165) is 47.5 Å². The van der Waals surface area contributed by atoms with Crippen molar-refractivity contribution in [1.29, 1.82) is 0 Å². The normalized spacial score (nSPS) is 10.8. The molecule has 1 amide bonds. The van der Waals surface area contributed by atoms with Gasteiger partial charge in [0.25, 0.3) is 5.91 Å². The average Bonchev–Trinajstić information content (AvgIpc) is 3.04. The van der Waals surface area contributed by atoms with Crippen LogP contribution in [0.5, 0.6) is 11.5 Å². The van der Waals surface area contributed by atoms with Gasteiger partial charge in [-0.05, 0) is 49.9 Å². The van der Waals surface area contributed by atoms with Gasteiger partial charge in [0.05, 0.1) is 19.8 Å². The number of ether oxygens (including phenoxy) is 2. The molecule has 0 aliphatic carbocycles. The van der Waals surface area contributed by atoms with Gasteiger partial charge in [0.15, 0.2) is 11.5 Å². The Morgan fingerprint density at radius 3 is 2.23 bits per heavy atom. The lowest BCUT2D eigenvalue weighted by molar-refractivity contribution is 0.1000. The van der Waals surface area contributed by atoms with Crippen LogP contribution in [0.15, 0.2) is 42.5 Å². The van der Waals surface area contributed by atoms with E-state index in [9.17, 15) is 4.79 Å². The third-order valence-electron chi connectivity index (χ3n) is 5.62. The summed E-state index contributed by atoms with van der Waals surface area (Å²) in [6.45, 7) is 6.89. The van der Waals surface area contributed by atoms with Crippen LogP contribution in [0.2, 0.25) is 0 Å². The molecule has 2 N–H and O–H groups in total. The smallest absolute Gasteiger partial charge is 0.251 e. The summed E-state index contributed by atoms with van der Waals surface area (Å²) in [7, 11) is 3.27. The fourth-order valence-corrected chi connectivity index (χ4v) is 4.08. The summed E-state index contributed by atoms with van der Waals surface area (Å²) >= 11 is 0. The summed E-state index contributed by atoms with van der Waals surface area (Å²) in [5.74, 6) is 1.04. The second kappa shape index (κ2) is 9.08. The number of nitrogens with zero attached hydrogens (tertiary/aromatic N) is 1. The number of aromatic nitrogens is 1. The van der Waals surface area contributed by atoms with Gasteiger partial charge in [-0.3, -0.25) is 4.79 Å². The molecule has 0 spiro atoms. The Morgan fingerprint density at radius 2 is 1.67 bits per heavy atom. The maximum absolute atomic E-state index is 12.4. The molecular formula is C25H30N2O3. The van der Waals surface area contributed by atoms with Gasteiger partial charge in [0, 0.05) is 23.5 Å². The number of aryl methyl sites for hydroxylation is 2. The molecule has 5 nitrogen and oxygen atoms in total. The number of carbonyl (C=O) groups is 1. The molecule has 0 fully saturated rings. The average molecular weight is 407 g/mol. The molecule has 0 saturated carbocycles. The van der Waals surface area contributed by atoms with Crippen LogP contribution in [0.4, 0.5) is 0 Å². The van der Waals surface area contributed by atoms with E-state index in [4.69, 9.17) is 15.2 Å². The highest BCUT2D eigenvalue weighted by molar-refractivity contribution is 6.02. The van der Waals surface area contributed by atoms with Crippen LogP contribution in [0.3, 0.4) is 0 Å². The van der Waals surface area contributed by atoms with E-state index in [1.807, 2.05) is 25.1 Å². The molecule has 0 saturated heterocycles. The lowest BCUT2D eigenvalue weighted by Crippen LogP contribution is -2.14. The van der Waals surface area contributed by atoms with Crippen molar-refractivity contribution in [2.24, 2.45) is 5.73 Å². The first-order chi connectivity index (χ1) is 14.4. The van der Waals surface area contributed by atoms with Crippen molar-refractivity contribution in [2.75, 3.05) is 14.2 Å². The summed E-state index contributed by atoms with van der Waals surface area (Å²) in [5.41, 5.74) is 12.8. The van der Waals surface area contributed by atoms with E-state index in [2.05, 4.69) is 42.7 Å². The number of nitrogens with two attached hydrogens (primary N) is 1. The summed E-state index contributed by atoms with van der Waals surface area (Å²) < 4.78 is 13.0. The van der Waals surface area contributed by atoms with Gasteiger partial charge in [0.2, 0.25) is 0 Å². The molecule has 2 aromatic carbocycles.